The molecular weight excluding hydrogens is 338 g/mol. The lowest BCUT2D eigenvalue weighted by Crippen LogP contribution is -1.99. The molecule has 0 saturated heterocycles. The van der Waals surface area contributed by atoms with Crippen LogP contribution in [-0.2, 0) is 0 Å². The van der Waals surface area contributed by atoms with E-state index in [4.69, 9.17) is 9.84 Å². The molecule has 0 radical (unpaired) electrons. The Bertz CT molecular complexity index is 845. The SMILES string of the molecule is COc1ccc(Br)c(-c2nnc3ccc(C(=O)O)cn23)c1. The zero-order valence-corrected chi connectivity index (χ0v) is 12.5. The number of methoxy groups -OCH3 is 1. The van der Waals surface area contributed by atoms with Crippen molar-refractivity contribution in [3.8, 4) is 17.1 Å². The van der Waals surface area contributed by atoms with Gasteiger partial charge >= 0.3 is 5.97 Å². The maximum absolute atomic E-state index is 11.1. The first-order valence-electron chi connectivity index (χ1n) is 6.02. The first kappa shape index (κ1) is 13.6. The van der Waals surface area contributed by atoms with E-state index in [-0.39, 0.29) is 5.56 Å². The molecule has 0 atom stereocenters. The summed E-state index contributed by atoms with van der Waals surface area (Å²) in [5.41, 5.74) is 1.51. The van der Waals surface area contributed by atoms with Gasteiger partial charge in [-0.05, 0) is 30.3 Å². The molecule has 3 aromatic rings. The van der Waals surface area contributed by atoms with Crippen molar-refractivity contribution >= 4 is 27.5 Å². The van der Waals surface area contributed by atoms with Crippen molar-refractivity contribution in [2.24, 2.45) is 0 Å². The summed E-state index contributed by atoms with van der Waals surface area (Å²) in [5.74, 6) is 0.222. The Morgan fingerprint density at radius 2 is 2.10 bits per heavy atom. The number of benzene rings is 1. The van der Waals surface area contributed by atoms with Crippen molar-refractivity contribution in [1.29, 1.82) is 0 Å². The second-order valence-electron chi connectivity index (χ2n) is 4.32. The third-order valence-corrected chi connectivity index (χ3v) is 3.76. The van der Waals surface area contributed by atoms with E-state index in [1.807, 2.05) is 18.2 Å². The zero-order chi connectivity index (χ0) is 15.0. The molecule has 21 heavy (non-hydrogen) atoms. The van der Waals surface area contributed by atoms with Crippen molar-refractivity contribution in [3.05, 3.63) is 46.6 Å². The van der Waals surface area contributed by atoms with Crippen LogP contribution in [0.2, 0.25) is 0 Å². The molecule has 2 aromatic heterocycles. The number of pyridine rings is 1. The van der Waals surface area contributed by atoms with Gasteiger partial charge in [-0.3, -0.25) is 4.40 Å². The Balaban J connectivity index is 2.25. The molecule has 3 rings (SSSR count). The molecule has 0 saturated carbocycles. The van der Waals surface area contributed by atoms with Gasteiger partial charge in [0, 0.05) is 16.2 Å². The Labute approximate surface area is 128 Å². The van der Waals surface area contributed by atoms with Crippen molar-refractivity contribution in [3.63, 3.8) is 0 Å². The van der Waals surface area contributed by atoms with Crippen LogP contribution in [0.25, 0.3) is 17.0 Å². The highest BCUT2D eigenvalue weighted by atomic mass is 79.9. The molecule has 2 heterocycles. The highest BCUT2D eigenvalue weighted by Gasteiger charge is 2.14. The average Bonchev–Trinajstić information content (AvgIpc) is 2.90. The Hall–Kier alpha value is -2.41. The lowest BCUT2D eigenvalue weighted by Gasteiger charge is -2.06. The standard InChI is InChI=1S/C14H10BrN3O3/c1-21-9-3-4-11(15)10(6-9)13-17-16-12-5-2-8(14(19)20)7-18(12)13/h2-7H,1H3,(H,19,20). The first-order valence-corrected chi connectivity index (χ1v) is 6.81. The monoisotopic (exact) mass is 347 g/mol. The van der Waals surface area contributed by atoms with Gasteiger partial charge in [0.1, 0.15) is 5.75 Å². The molecule has 7 heteroatoms. The van der Waals surface area contributed by atoms with E-state index in [2.05, 4.69) is 26.1 Å². The number of aromatic carboxylic acids is 1. The van der Waals surface area contributed by atoms with Crippen LogP contribution in [0.1, 0.15) is 10.4 Å². The summed E-state index contributed by atoms with van der Waals surface area (Å²) in [4.78, 5) is 11.1. The highest BCUT2D eigenvalue weighted by molar-refractivity contribution is 9.10. The minimum atomic E-state index is -0.999. The molecule has 0 fully saturated rings. The van der Waals surface area contributed by atoms with E-state index in [0.717, 1.165) is 10.0 Å². The molecule has 0 unspecified atom stereocenters. The lowest BCUT2D eigenvalue weighted by atomic mass is 10.2. The number of fused-ring (bicyclic) bond motifs is 1. The topological polar surface area (TPSA) is 76.7 Å². The van der Waals surface area contributed by atoms with Gasteiger partial charge in [0.2, 0.25) is 0 Å². The first-order chi connectivity index (χ1) is 10.1. The largest absolute Gasteiger partial charge is 0.497 e. The number of nitrogens with zero attached hydrogens (tertiary/aromatic N) is 3. The molecule has 6 nitrogen and oxygen atoms in total. The molecule has 1 aromatic carbocycles. The summed E-state index contributed by atoms with van der Waals surface area (Å²) in [6.45, 7) is 0. The summed E-state index contributed by atoms with van der Waals surface area (Å²) in [5, 5.41) is 17.3. The Kier molecular flexibility index (Phi) is 3.34. The third-order valence-electron chi connectivity index (χ3n) is 3.06. The van der Waals surface area contributed by atoms with Crippen LogP contribution in [-0.4, -0.2) is 32.8 Å². The molecule has 0 aliphatic rings. The van der Waals surface area contributed by atoms with Crippen molar-refractivity contribution < 1.29 is 14.6 Å². The Morgan fingerprint density at radius 1 is 1.29 bits per heavy atom. The van der Waals surface area contributed by atoms with Gasteiger partial charge in [0.25, 0.3) is 0 Å². The quantitative estimate of drug-likeness (QED) is 0.788. The van der Waals surface area contributed by atoms with E-state index in [1.54, 1.807) is 17.6 Å². The number of ether oxygens (including phenoxy) is 1. The van der Waals surface area contributed by atoms with Crippen LogP contribution in [0.4, 0.5) is 0 Å². The number of hydrogen-bond donors (Lipinski definition) is 1. The summed E-state index contributed by atoms with van der Waals surface area (Å²) < 4.78 is 7.67. The van der Waals surface area contributed by atoms with Gasteiger partial charge in [-0.1, -0.05) is 15.9 Å². The van der Waals surface area contributed by atoms with Crippen LogP contribution in [0, 0.1) is 0 Å². The second kappa shape index (κ2) is 5.17. The summed E-state index contributed by atoms with van der Waals surface area (Å²) >= 11 is 3.46. The van der Waals surface area contributed by atoms with E-state index in [9.17, 15) is 4.79 Å². The van der Waals surface area contributed by atoms with E-state index in [1.165, 1.54) is 12.3 Å². The maximum atomic E-state index is 11.1. The lowest BCUT2D eigenvalue weighted by molar-refractivity contribution is 0.0696. The van der Waals surface area contributed by atoms with Crippen LogP contribution >= 0.6 is 15.9 Å². The third kappa shape index (κ3) is 2.36. The van der Waals surface area contributed by atoms with Crippen molar-refractivity contribution in [1.82, 2.24) is 14.6 Å². The van der Waals surface area contributed by atoms with Gasteiger partial charge < -0.3 is 9.84 Å². The number of halogens is 1. The number of hydrogen-bond acceptors (Lipinski definition) is 4. The molecule has 0 spiro atoms. The van der Waals surface area contributed by atoms with Crippen LogP contribution in [0.15, 0.2) is 41.0 Å². The number of aromatic nitrogens is 3. The fraction of sp³-hybridized carbons (Fsp3) is 0.0714. The molecule has 0 amide bonds. The van der Waals surface area contributed by atoms with E-state index < -0.39 is 5.97 Å². The van der Waals surface area contributed by atoms with Crippen LogP contribution in [0.3, 0.4) is 0 Å². The summed E-state index contributed by atoms with van der Waals surface area (Å²) in [6, 6.07) is 8.59. The second-order valence-corrected chi connectivity index (χ2v) is 5.17. The number of carbonyl (C=O) groups is 1. The number of rotatable bonds is 3. The minimum Gasteiger partial charge on any atom is -0.497 e. The van der Waals surface area contributed by atoms with Crippen LogP contribution < -0.4 is 4.74 Å². The van der Waals surface area contributed by atoms with Gasteiger partial charge in [-0.25, -0.2) is 4.79 Å². The fourth-order valence-electron chi connectivity index (χ4n) is 2.00. The molecular formula is C14H10BrN3O3. The Morgan fingerprint density at radius 3 is 2.81 bits per heavy atom. The normalized spacial score (nSPS) is 10.8. The zero-order valence-electron chi connectivity index (χ0n) is 10.9. The summed E-state index contributed by atoms with van der Waals surface area (Å²) in [6.07, 6.45) is 1.50. The van der Waals surface area contributed by atoms with E-state index in [0.29, 0.717) is 17.2 Å². The number of carboxylic acid groups (broad SMARTS) is 1. The fourth-order valence-corrected chi connectivity index (χ4v) is 2.43. The minimum absolute atomic E-state index is 0.169. The number of carboxylic acids is 1. The summed E-state index contributed by atoms with van der Waals surface area (Å²) in [7, 11) is 1.58. The van der Waals surface area contributed by atoms with Crippen molar-refractivity contribution in [2.45, 2.75) is 0 Å². The highest BCUT2D eigenvalue weighted by Crippen LogP contribution is 2.31. The predicted molar refractivity (Wildman–Crippen MR) is 79.6 cm³/mol. The predicted octanol–water partition coefficient (Wildman–Crippen LogP) is 2.87. The smallest absolute Gasteiger partial charge is 0.337 e. The van der Waals surface area contributed by atoms with Gasteiger partial charge in [0.15, 0.2) is 11.5 Å². The molecule has 0 aliphatic heterocycles. The molecule has 0 aliphatic carbocycles. The van der Waals surface area contributed by atoms with Crippen LogP contribution in [0.5, 0.6) is 5.75 Å². The maximum Gasteiger partial charge on any atom is 0.337 e. The molecule has 0 bridgehead atoms. The molecule has 1 N–H and O–H groups in total. The molecule has 106 valence electrons. The van der Waals surface area contributed by atoms with Gasteiger partial charge in [-0.15, -0.1) is 10.2 Å². The van der Waals surface area contributed by atoms with Crippen molar-refractivity contribution in [2.75, 3.05) is 7.11 Å². The average molecular weight is 348 g/mol. The van der Waals surface area contributed by atoms with Gasteiger partial charge in [0.05, 0.1) is 12.7 Å². The van der Waals surface area contributed by atoms with Gasteiger partial charge in [-0.2, -0.15) is 0 Å². The van der Waals surface area contributed by atoms with E-state index >= 15 is 0 Å².